The van der Waals surface area contributed by atoms with E-state index in [0.29, 0.717) is 11.3 Å². The summed E-state index contributed by atoms with van der Waals surface area (Å²) in [6, 6.07) is 6.28. The van der Waals surface area contributed by atoms with E-state index in [1.807, 2.05) is 30.8 Å². The first kappa shape index (κ1) is 15.1. The number of aliphatic hydroxyl groups is 1. The van der Waals surface area contributed by atoms with Crippen LogP contribution in [0.25, 0.3) is 0 Å². The molecule has 0 atom stereocenters. The predicted octanol–water partition coefficient (Wildman–Crippen LogP) is 2.53. The third-order valence-corrected chi connectivity index (χ3v) is 2.81. The second kappa shape index (κ2) is 6.91. The summed E-state index contributed by atoms with van der Waals surface area (Å²) in [6.07, 6.45) is 1.89. The van der Waals surface area contributed by atoms with Gasteiger partial charge in [0.1, 0.15) is 24.8 Å². The van der Waals surface area contributed by atoms with Crippen molar-refractivity contribution in [2.24, 2.45) is 0 Å². The fourth-order valence-corrected chi connectivity index (χ4v) is 1.75. The molecule has 0 fully saturated rings. The Bertz CT molecular complexity index is 668. The minimum Gasteiger partial charge on any atom is -0.486 e. The van der Waals surface area contributed by atoms with E-state index in [9.17, 15) is 4.39 Å². The zero-order valence-corrected chi connectivity index (χ0v) is 12.0. The Hall–Kier alpha value is -2.32. The molecule has 0 radical (unpaired) electrons. The number of halogens is 1. The van der Waals surface area contributed by atoms with Crippen LogP contribution in [0.2, 0.25) is 0 Å². The van der Waals surface area contributed by atoms with Gasteiger partial charge in [-0.1, -0.05) is 11.8 Å². The highest BCUT2D eigenvalue weighted by atomic mass is 19.1. The maximum Gasteiger partial charge on any atom is 0.135 e. The van der Waals surface area contributed by atoms with Gasteiger partial charge in [-0.05, 0) is 38.1 Å². The molecule has 2 rings (SSSR count). The molecule has 110 valence electrons. The number of hydrogen-bond acceptors (Lipinski definition) is 3. The maximum absolute atomic E-state index is 13.2. The Labute approximate surface area is 123 Å². The molecule has 0 bridgehead atoms. The van der Waals surface area contributed by atoms with E-state index in [0.717, 1.165) is 5.69 Å². The van der Waals surface area contributed by atoms with Crippen LogP contribution in [-0.4, -0.2) is 21.5 Å². The quantitative estimate of drug-likeness (QED) is 0.879. The molecule has 21 heavy (non-hydrogen) atoms. The Morgan fingerprint density at radius 2 is 2.19 bits per heavy atom. The van der Waals surface area contributed by atoms with Gasteiger partial charge in [-0.25, -0.2) is 4.39 Å². The molecule has 0 spiro atoms. The summed E-state index contributed by atoms with van der Waals surface area (Å²) in [7, 11) is 0. The number of rotatable bonds is 4. The molecule has 0 unspecified atom stereocenters. The van der Waals surface area contributed by atoms with Gasteiger partial charge in [0.15, 0.2) is 0 Å². The number of benzene rings is 1. The Kier molecular flexibility index (Phi) is 4.96. The molecule has 5 heteroatoms. The first-order valence-electron chi connectivity index (χ1n) is 6.66. The normalized spacial score (nSPS) is 10.3. The highest BCUT2D eigenvalue weighted by Crippen LogP contribution is 2.20. The van der Waals surface area contributed by atoms with E-state index in [2.05, 4.69) is 16.9 Å². The van der Waals surface area contributed by atoms with E-state index in [-0.39, 0.29) is 19.3 Å². The van der Waals surface area contributed by atoms with Crippen molar-refractivity contribution in [1.29, 1.82) is 0 Å². The van der Waals surface area contributed by atoms with Gasteiger partial charge in [-0.15, -0.1) is 0 Å². The van der Waals surface area contributed by atoms with Gasteiger partial charge in [0, 0.05) is 12.2 Å². The highest BCUT2D eigenvalue weighted by Gasteiger charge is 2.06. The predicted molar refractivity (Wildman–Crippen MR) is 77.3 cm³/mol. The second-order valence-corrected chi connectivity index (χ2v) is 4.77. The lowest BCUT2D eigenvalue weighted by Gasteiger charge is -2.07. The van der Waals surface area contributed by atoms with Crippen molar-refractivity contribution in [2.75, 3.05) is 6.61 Å². The van der Waals surface area contributed by atoms with Crippen LogP contribution >= 0.6 is 0 Å². The van der Waals surface area contributed by atoms with Crippen LogP contribution in [0.1, 0.15) is 31.1 Å². The van der Waals surface area contributed by atoms with Crippen molar-refractivity contribution in [3.05, 3.63) is 47.5 Å². The summed E-state index contributed by atoms with van der Waals surface area (Å²) in [5.74, 6) is 5.24. The van der Waals surface area contributed by atoms with Crippen molar-refractivity contribution in [3.8, 4) is 17.6 Å². The lowest BCUT2D eigenvalue weighted by molar-refractivity contribution is 0.297. The van der Waals surface area contributed by atoms with Crippen LogP contribution in [0.15, 0.2) is 30.5 Å². The van der Waals surface area contributed by atoms with Crippen LogP contribution in [0, 0.1) is 17.7 Å². The van der Waals surface area contributed by atoms with Crippen molar-refractivity contribution in [3.63, 3.8) is 0 Å². The van der Waals surface area contributed by atoms with Gasteiger partial charge in [-0.2, -0.15) is 5.10 Å². The van der Waals surface area contributed by atoms with Crippen LogP contribution in [0.3, 0.4) is 0 Å². The van der Waals surface area contributed by atoms with Crippen molar-refractivity contribution < 1.29 is 14.2 Å². The topological polar surface area (TPSA) is 47.3 Å². The average Bonchev–Trinajstić information content (AvgIpc) is 2.93. The molecular weight excluding hydrogens is 271 g/mol. The summed E-state index contributed by atoms with van der Waals surface area (Å²) in [5.41, 5.74) is 1.20. The summed E-state index contributed by atoms with van der Waals surface area (Å²) in [5, 5.41) is 13.1. The molecule has 0 saturated carbocycles. The fourth-order valence-electron chi connectivity index (χ4n) is 1.75. The van der Waals surface area contributed by atoms with Gasteiger partial charge >= 0.3 is 0 Å². The van der Waals surface area contributed by atoms with Gasteiger partial charge in [0.2, 0.25) is 0 Å². The van der Waals surface area contributed by atoms with E-state index in [4.69, 9.17) is 9.84 Å². The van der Waals surface area contributed by atoms with Crippen LogP contribution in [0.4, 0.5) is 4.39 Å². The summed E-state index contributed by atoms with van der Waals surface area (Å²) in [4.78, 5) is 0. The Balaban J connectivity index is 2.11. The smallest absolute Gasteiger partial charge is 0.135 e. The number of ether oxygens (including phenoxy) is 1. The zero-order valence-electron chi connectivity index (χ0n) is 12.0. The van der Waals surface area contributed by atoms with Gasteiger partial charge in [-0.3, -0.25) is 4.68 Å². The Morgan fingerprint density at radius 1 is 1.38 bits per heavy atom. The van der Waals surface area contributed by atoms with Crippen LogP contribution < -0.4 is 4.74 Å². The minimum absolute atomic E-state index is 0.277. The van der Waals surface area contributed by atoms with E-state index in [1.54, 1.807) is 0 Å². The van der Waals surface area contributed by atoms with E-state index < -0.39 is 5.82 Å². The molecule has 1 aromatic carbocycles. The molecule has 1 N–H and O–H groups in total. The SMILES string of the molecule is CC(C)n1ccc(COc2ccc(F)cc2C#CCO)n1. The number of hydrogen-bond donors (Lipinski definition) is 1. The molecule has 0 aliphatic rings. The molecule has 0 amide bonds. The zero-order chi connectivity index (χ0) is 15.2. The lowest BCUT2D eigenvalue weighted by atomic mass is 10.2. The van der Waals surface area contributed by atoms with Gasteiger partial charge < -0.3 is 9.84 Å². The average molecular weight is 288 g/mol. The molecule has 0 aliphatic heterocycles. The molecule has 2 aromatic rings. The summed E-state index contributed by atoms with van der Waals surface area (Å²) >= 11 is 0. The number of aromatic nitrogens is 2. The van der Waals surface area contributed by atoms with E-state index in [1.165, 1.54) is 18.2 Å². The molecule has 1 heterocycles. The highest BCUT2D eigenvalue weighted by molar-refractivity contribution is 5.46. The number of nitrogens with zero attached hydrogens (tertiary/aromatic N) is 2. The van der Waals surface area contributed by atoms with Crippen LogP contribution in [0.5, 0.6) is 5.75 Å². The lowest BCUT2D eigenvalue weighted by Crippen LogP contribution is -2.04. The maximum atomic E-state index is 13.2. The fraction of sp³-hybridized carbons (Fsp3) is 0.312. The van der Waals surface area contributed by atoms with E-state index >= 15 is 0 Å². The first-order chi connectivity index (χ1) is 10.1. The largest absolute Gasteiger partial charge is 0.486 e. The second-order valence-electron chi connectivity index (χ2n) is 4.77. The van der Waals surface area contributed by atoms with Gasteiger partial charge in [0.25, 0.3) is 0 Å². The minimum atomic E-state index is -0.395. The van der Waals surface area contributed by atoms with Crippen molar-refractivity contribution in [1.82, 2.24) is 9.78 Å². The third kappa shape index (κ3) is 4.07. The molecule has 0 aliphatic carbocycles. The first-order valence-corrected chi connectivity index (χ1v) is 6.66. The molecule has 1 aromatic heterocycles. The third-order valence-electron chi connectivity index (χ3n) is 2.81. The monoisotopic (exact) mass is 288 g/mol. The molecule has 0 saturated heterocycles. The summed E-state index contributed by atoms with van der Waals surface area (Å²) < 4.78 is 20.7. The van der Waals surface area contributed by atoms with Crippen LogP contribution in [-0.2, 0) is 6.61 Å². The van der Waals surface area contributed by atoms with Gasteiger partial charge in [0.05, 0.1) is 11.3 Å². The van der Waals surface area contributed by atoms with Crippen molar-refractivity contribution in [2.45, 2.75) is 26.5 Å². The summed E-state index contributed by atoms with van der Waals surface area (Å²) in [6.45, 7) is 4.08. The Morgan fingerprint density at radius 3 is 2.86 bits per heavy atom. The molecule has 4 nitrogen and oxygen atoms in total. The molecular formula is C16H17FN2O2. The standard InChI is InChI=1S/C16H17FN2O2/c1-12(2)19-8-7-15(18-19)11-21-16-6-5-14(17)10-13(16)4-3-9-20/h5-8,10,12,20H,9,11H2,1-2H3. The number of aliphatic hydroxyl groups excluding tert-OH is 1. The van der Waals surface area contributed by atoms with Crippen molar-refractivity contribution >= 4 is 0 Å².